The lowest BCUT2D eigenvalue weighted by atomic mass is 10.4. The summed E-state index contributed by atoms with van der Waals surface area (Å²) in [5.74, 6) is 0. The highest BCUT2D eigenvalue weighted by molar-refractivity contribution is 4.67. The van der Waals surface area contributed by atoms with E-state index in [2.05, 4.69) is 30.7 Å². The molecule has 0 unspecified atom stereocenters. The third-order valence-corrected chi connectivity index (χ3v) is 3.13. The van der Waals surface area contributed by atoms with Crippen LogP contribution in [0.5, 0.6) is 0 Å². The van der Waals surface area contributed by atoms with Gasteiger partial charge in [0.15, 0.2) is 0 Å². The predicted molar refractivity (Wildman–Crippen MR) is 68.9 cm³/mol. The van der Waals surface area contributed by atoms with Crippen LogP contribution in [0.15, 0.2) is 0 Å². The van der Waals surface area contributed by atoms with E-state index >= 15 is 0 Å². The zero-order chi connectivity index (χ0) is 11.8. The van der Waals surface area contributed by atoms with Crippen molar-refractivity contribution in [2.45, 2.75) is 39.2 Å². The second kappa shape index (κ2) is 8.04. The van der Waals surface area contributed by atoms with Crippen molar-refractivity contribution in [3.63, 3.8) is 0 Å². The van der Waals surface area contributed by atoms with Crippen molar-refractivity contribution in [3.8, 4) is 0 Å². The van der Waals surface area contributed by atoms with Crippen molar-refractivity contribution in [2.24, 2.45) is 0 Å². The Morgan fingerprint density at radius 1 is 1.19 bits per heavy atom. The van der Waals surface area contributed by atoms with Crippen LogP contribution in [0, 0.1) is 0 Å². The summed E-state index contributed by atoms with van der Waals surface area (Å²) in [6, 6.07) is 0. The standard InChI is InChI=1S/C13H28N2O/c1-13(2)16-12-6-7-14(3)10-11-15-8-4-5-9-15/h13H,4-12H2,1-3H3. The van der Waals surface area contributed by atoms with Gasteiger partial charge in [-0.15, -0.1) is 0 Å². The number of hydrogen-bond acceptors (Lipinski definition) is 3. The number of nitrogens with zero attached hydrogens (tertiary/aromatic N) is 2. The number of ether oxygens (including phenoxy) is 1. The normalized spacial score (nSPS) is 17.8. The first-order chi connectivity index (χ1) is 7.68. The highest BCUT2D eigenvalue weighted by atomic mass is 16.5. The Bertz CT molecular complexity index is 167. The van der Waals surface area contributed by atoms with E-state index in [0.717, 1.165) is 19.6 Å². The zero-order valence-electron chi connectivity index (χ0n) is 11.2. The van der Waals surface area contributed by atoms with Crippen molar-refractivity contribution in [1.82, 2.24) is 9.80 Å². The van der Waals surface area contributed by atoms with Gasteiger partial charge in [-0.25, -0.2) is 0 Å². The van der Waals surface area contributed by atoms with Gasteiger partial charge in [0.2, 0.25) is 0 Å². The average molecular weight is 228 g/mol. The average Bonchev–Trinajstić information content (AvgIpc) is 2.74. The summed E-state index contributed by atoms with van der Waals surface area (Å²) >= 11 is 0. The number of likely N-dealkylation sites (N-methyl/N-ethyl adjacent to an activating group) is 1. The first-order valence-corrected chi connectivity index (χ1v) is 6.71. The van der Waals surface area contributed by atoms with Crippen LogP contribution in [0.1, 0.15) is 33.1 Å². The van der Waals surface area contributed by atoms with Crippen molar-refractivity contribution in [2.75, 3.05) is 46.4 Å². The van der Waals surface area contributed by atoms with E-state index in [0.29, 0.717) is 6.10 Å². The third-order valence-electron chi connectivity index (χ3n) is 3.13. The largest absolute Gasteiger partial charge is 0.379 e. The molecule has 0 saturated carbocycles. The first kappa shape index (κ1) is 13.9. The summed E-state index contributed by atoms with van der Waals surface area (Å²) < 4.78 is 5.53. The minimum absolute atomic E-state index is 0.370. The Morgan fingerprint density at radius 2 is 1.88 bits per heavy atom. The fraction of sp³-hybridized carbons (Fsp3) is 1.00. The molecule has 0 bridgehead atoms. The summed E-state index contributed by atoms with van der Waals surface area (Å²) in [5, 5.41) is 0. The van der Waals surface area contributed by atoms with E-state index in [1.54, 1.807) is 0 Å². The molecule has 1 saturated heterocycles. The number of hydrogen-bond donors (Lipinski definition) is 0. The lowest BCUT2D eigenvalue weighted by Gasteiger charge is -2.21. The second-order valence-electron chi connectivity index (χ2n) is 5.13. The van der Waals surface area contributed by atoms with Gasteiger partial charge in [0.1, 0.15) is 0 Å². The van der Waals surface area contributed by atoms with Gasteiger partial charge in [0.05, 0.1) is 6.10 Å². The lowest BCUT2D eigenvalue weighted by molar-refractivity contribution is 0.0716. The molecule has 96 valence electrons. The summed E-state index contributed by atoms with van der Waals surface area (Å²) in [6.45, 7) is 11.3. The molecule has 0 aromatic heterocycles. The minimum Gasteiger partial charge on any atom is -0.379 e. The van der Waals surface area contributed by atoms with Gasteiger partial charge in [0, 0.05) is 26.2 Å². The maximum atomic E-state index is 5.53. The van der Waals surface area contributed by atoms with Crippen molar-refractivity contribution in [3.05, 3.63) is 0 Å². The third kappa shape index (κ3) is 6.46. The van der Waals surface area contributed by atoms with Crippen LogP contribution in [-0.4, -0.2) is 62.3 Å². The molecule has 0 aromatic carbocycles. The molecular weight excluding hydrogens is 200 g/mol. The lowest BCUT2D eigenvalue weighted by Crippen LogP contribution is -2.32. The number of likely N-dealkylation sites (tertiary alicyclic amines) is 1. The molecule has 0 aromatic rings. The molecule has 0 aliphatic carbocycles. The molecule has 1 aliphatic rings. The SMILES string of the molecule is CC(C)OCCCN(C)CCN1CCCC1. The maximum absolute atomic E-state index is 5.53. The molecule has 3 nitrogen and oxygen atoms in total. The summed E-state index contributed by atoms with van der Waals surface area (Å²) in [7, 11) is 2.21. The fourth-order valence-electron chi connectivity index (χ4n) is 2.08. The van der Waals surface area contributed by atoms with Gasteiger partial charge in [0.25, 0.3) is 0 Å². The molecule has 1 heterocycles. The molecular formula is C13H28N2O. The topological polar surface area (TPSA) is 15.7 Å². The molecule has 0 spiro atoms. The van der Waals surface area contributed by atoms with Crippen LogP contribution in [0.25, 0.3) is 0 Å². The minimum atomic E-state index is 0.370. The zero-order valence-corrected chi connectivity index (χ0v) is 11.2. The van der Waals surface area contributed by atoms with E-state index in [9.17, 15) is 0 Å². The second-order valence-corrected chi connectivity index (χ2v) is 5.13. The van der Waals surface area contributed by atoms with E-state index < -0.39 is 0 Å². The monoisotopic (exact) mass is 228 g/mol. The van der Waals surface area contributed by atoms with Gasteiger partial charge in [-0.05, 0) is 53.2 Å². The molecule has 16 heavy (non-hydrogen) atoms. The summed E-state index contributed by atoms with van der Waals surface area (Å²) in [6.07, 6.45) is 4.31. The van der Waals surface area contributed by atoms with Gasteiger partial charge >= 0.3 is 0 Å². The van der Waals surface area contributed by atoms with Crippen LogP contribution in [0.2, 0.25) is 0 Å². The molecule has 0 radical (unpaired) electrons. The van der Waals surface area contributed by atoms with E-state index in [1.165, 1.54) is 39.0 Å². The fourth-order valence-corrected chi connectivity index (χ4v) is 2.08. The Balaban J connectivity index is 1.91. The molecule has 1 fully saturated rings. The molecule has 3 heteroatoms. The van der Waals surface area contributed by atoms with E-state index in [1.807, 2.05) is 0 Å². The molecule has 1 aliphatic heterocycles. The highest BCUT2D eigenvalue weighted by Crippen LogP contribution is 2.06. The van der Waals surface area contributed by atoms with Crippen LogP contribution in [0.4, 0.5) is 0 Å². The summed E-state index contributed by atoms with van der Waals surface area (Å²) in [4.78, 5) is 4.99. The van der Waals surface area contributed by atoms with Gasteiger partial charge in [-0.2, -0.15) is 0 Å². The molecule has 1 rings (SSSR count). The Morgan fingerprint density at radius 3 is 2.50 bits per heavy atom. The van der Waals surface area contributed by atoms with E-state index in [4.69, 9.17) is 4.74 Å². The van der Waals surface area contributed by atoms with E-state index in [-0.39, 0.29) is 0 Å². The predicted octanol–water partition coefficient (Wildman–Crippen LogP) is 1.83. The maximum Gasteiger partial charge on any atom is 0.0518 e. The molecule has 0 amide bonds. The van der Waals surface area contributed by atoms with Crippen LogP contribution in [0.3, 0.4) is 0 Å². The molecule has 0 atom stereocenters. The van der Waals surface area contributed by atoms with Crippen LogP contribution < -0.4 is 0 Å². The van der Waals surface area contributed by atoms with Crippen molar-refractivity contribution >= 4 is 0 Å². The Hall–Kier alpha value is -0.120. The van der Waals surface area contributed by atoms with Crippen LogP contribution >= 0.6 is 0 Å². The van der Waals surface area contributed by atoms with Gasteiger partial charge in [-0.3, -0.25) is 0 Å². The van der Waals surface area contributed by atoms with Gasteiger partial charge < -0.3 is 14.5 Å². The Labute approximate surface area is 101 Å². The summed E-state index contributed by atoms with van der Waals surface area (Å²) in [5.41, 5.74) is 0. The smallest absolute Gasteiger partial charge is 0.0518 e. The van der Waals surface area contributed by atoms with Crippen molar-refractivity contribution in [1.29, 1.82) is 0 Å². The first-order valence-electron chi connectivity index (χ1n) is 6.71. The van der Waals surface area contributed by atoms with Gasteiger partial charge in [-0.1, -0.05) is 0 Å². The Kier molecular flexibility index (Phi) is 7.01. The quantitative estimate of drug-likeness (QED) is 0.590. The van der Waals surface area contributed by atoms with Crippen LogP contribution in [-0.2, 0) is 4.74 Å². The number of rotatable bonds is 8. The van der Waals surface area contributed by atoms with Crippen molar-refractivity contribution < 1.29 is 4.74 Å². The highest BCUT2D eigenvalue weighted by Gasteiger charge is 2.11. The molecule has 0 N–H and O–H groups in total.